The van der Waals surface area contributed by atoms with Crippen molar-refractivity contribution in [2.24, 2.45) is 4.99 Å². The van der Waals surface area contributed by atoms with E-state index >= 15 is 0 Å². The van der Waals surface area contributed by atoms with Crippen LogP contribution in [0, 0.1) is 5.82 Å². The van der Waals surface area contributed by atoms with Crippen LogP contribution < -0.4 is 0 Å². The molecule has 0 bridgehead atoms. The normalized spacial score (nSPS) is 19.9. The Balaban J connectivity index is 2.19. The molecule has 1 aliphatic rings. The number of methoxy groups -OCH3 is 1. The molecular weight excluding hydrogens is 195 g/mol. The summed E-state index contributed by atoms with van der Waals surface area (Å²) in [5.74, 6) is 0.400. The van der Waals surface area contributed by atoms with Gasteiger partial charge >= 0.3 is 0 Å². The molecule has 1 atom stereocenters. The minimum absolute atomic E-state index is 0.231. The van der Waals surface area contributed by atoms with Crippen LogP contribution >= 0.6 is 0 Å². The second kappa shape index (κ2) is 4.21. The number of nitrogens with zero attached hydrogens (tertiary/aromatic N) is 2. The van der Waals surface area contributed by atoms with E-state index in [1.54, 1.807) is 25.6 Å². The van der Waals surface area contributed by atoms with Crippen molar-refractivity contribution >= 4 is 6.21 Å². The summed E-state index contributed by atoms with van der Waals surface area (Å²) in [5.41, 5.74) is 0.389. The van der Waals surface area contributed by atoms with E-state index in [9.17, 15) is 4.39 Å². The van der Waals surface area contributed by atoms with E-state index in [-0.39, 0.29) is 11.9 Å². The zero-order chi connectivity index (χ0) is 10.7. The van der Waals surface area contributed by atoms with Crippen molar-refractivity contribution in [2.45, 2.75) is 12.5 Å². The highest BCUT2D eigenvalue weighted by Crippen LogP contribution is 2.25. The van der Waals surface area contributed by atoms with E-state index in [1.165, 1.54) is 6.07 Å². The molecule has 1 aromatic rings. The van der Waals surface area contributed by atoms with Gasteiger partial charge in [0.1, 0.15) is 17.3 Å². The fraction of sp³-hybridized carbons (Fsp3) is 0.273. The quantitative estimate of drug-likeness (QED) is 0.743. The van der Waals surface area contributed by atoms with Crippen molar-refractivity contribution in [3.63, 3.8) is 0 Å². The second-order valence-electron chi connectivity index (χ2n) is 3.21. The predicted octanol–water partition coefficient (Wildman–Crippen LogP) is 2.27. The molecule has 0 saturated carbocycles. The second-order valence-corrected chi connectivity index (χ2v) is 3.21. The van der Waals surface area contributed by atoms with Gasteiger partial charge in [0.15, 0.2) is 0 Å². The number of hydrogen-bond donors (Lipinski definition) is 0. The summed E-state index contributed by atoms with van der Waals surface area (Å²) in [4.78, 5) is 8.19. The van der Waals surface area contributed by atoms with Gasteiger partial charge < -0.3 is 4.74 Å². The van der Waals surface area contributed by atoms with Gasteiger partial charge in [0.05, 0.1) is 19.4 Å². The molecule has 2 rings (SSSR count). The molecule has 0 amide bonds. The third-order valence-electron chi connectivity index (χ3n) is 2.26. The van der Waals surface area contributed by atoms with Crippen molar-refractivity contribution in [2.75, 3.05) is 7.11 Å². The van der Waals surface area contributed by atoms with E-state index in [0.717, 1.165) is 0 Å². The van der Waals surface area contributed by atoms with E-state index in [1.807, 2.05) is 6.08 Å². The molecule has 0 radical (unpaired) electrons. The molecule has 3 nitrogen and oxygen atoms in total. The molecule has 0 fully saturated rings. The van der Waals surface area contributed by atoms with Crippen molar-refractivity contribution < 1.29 is 9.13 Å². The molecule has 15 heavy (non-hydrogen) atoms. The highest BCUT2D eigenvalue weighted by molar-refractivity contribution is 5.77. The maximum atomic E-state index is 13.4. The zero-order valence-electron chi connectivity index (χ0n) is 8.35. The number of allylic oxidation sites excluding steroid dienone is 1. The zero-order valence-corrected chi connectivity index (χ0v) is 8.35. The largest absolute Gasteiger partial charge is 0.495 e. The Morgan fingerprint density at radius 3 is 3.00 bits per heavy atom. The minimum atomic E-state index is -0.311. The van der Waals surface area contributed by atoms with Crippen molar-refractivity contribution in [3.8, 4) is 0 Å². The third-order valence-corrected chi connectivity index (χ3v) is 2.26. The minimum Gasteiger partial charge on any atom is -0.495 e. The lowest BCUT2D eigenvalue weighted by atomic mass is 10.1. The van der Waals surface area contributed by atoms with E-state index in [4.69, 9.17) is 4.74 Å². The predicted molar refractivity (Wildman–Crippen MR) is 55.1 cm³/mol. The standard InChI is InChI=1S/C11H11FN2O/c1-15-8-4-5-10(14-7-8)11-9(12)3-2-6-13-11/h2-4,6-7,10H,5H2,1H3. The summed E-state index contributed by atoms with van der Waals surface area (Å²) in [6, 6.07) is 2.74. The number of halogens is 1. The smallest absolute Gasteiger partial charge is 0.146 e. The average molecular weight is 206 g/mol. The molecular formula is C11H11FN2O. The first-order valence-electron chi connectivity index (χ1n) is 4.69. The molecule has 1 aromatic heterocycles. The van der Waals surface area contributed by atoms with E-state index < -0.39 is 0 Å². The van der Waals surface area contributed by atoms with Gasteiger partial charge in [-0.2, -0.15) is 0 Å². The van der Waals surface area contributed by atoms with Crippen LogP contribution in [0.1, 0.15) is 18.2 Å². The maximum absolute atomic E-state index is 13.4. The van der Waals surface area contributed by atoms with Crippen LogP contribution in [0.15, 0.2) is 35.2 Å². The van der Waals surface area contributed by atoms with Gasteiger partial charge in [-0.15, -0.1) is 0 Å². The molecule has 1 unspecified atom stereocenters. The van der Waals surface area contributed by atoms with E-state index in [0.29, 0.717) is 17.9 Å². The molecule has 1 aliphatic heterocycles. The number of rotatable bonds is 2. The molecule has 0 aliphatic carbocycles. The number of dihydropyridines is 1. The fourth-order valence-corrected chi connectivity index (χ4v) is 1.47. The SMILES string of the molecule is COC1=CCC(c2ncccc2F)N=C1. The number of hydrogen-bond acceptors (Lipinski definition) is 3. The Bertz CT molecular complexity index is 415. The number of aromatic nitrogens is 1. The summed E-state index contributed by atoms with van der Waals surface area (Å²) < 4.78 is 18.4. The van der Waals surface area contributed by atoms with Crippen molar-refractivity contribution in [1.29, 1.82) is 0 Å². The summed E-state index contributed by atoms with van der Waals surface area (Å²) in [7, 11) is 1.58. The Hall–Kier alpha value is -1.71. The highest BCUT2D eigenvalue weighted by Gasteiger charge is 2.17. The van der Waals surface area contributed by atoms with Gasteiger partial charge in [0, 0.05) is 6.20 Å². The van der Waals surface area contributed by atoms with E-state index in [2.05, 4.69) is 9.98 Å². The fourth-order valence-electron chi connectivity index (χ4n) is 1.47. The van der Waals surface area contributed by atoms with Crippen LogP contribution in [0.5, 0.6) is 0 Å². The van der Waals surface area contributed by atoms with Crippen LogP contribution in [-0.4, -0.2) is 18.3 Å². The number of ether oxygens (including phenoxy) is 1. The third kappa shape index (κ3) is 2.03. The first kappa shape index (κ1) is 9.83. The average Bonchev–Trinajstić information content (AvgIpc) is 2.30. The first-order valence-corrected chi connectivity index (χ1v) is 4.69. The first-order chi connectivity index (χ1) is 7.31. The highest BCUT2D eigenvalue weighted by atomic mass is 19.1. The summed E-state index contributed by atoms with van der Waals surface area (Å²) in [5, 5.41) is 0. The molecule has 0 saturated heterocycles. The van der Waals surface area contributed by atoms with Crippen molar-refractivity contribution in [1.82, 2.24) is 4.98 Å². The summed E-state index contributed by atoms with van der Waals surface area (Å²) in [6.07, 6.45) is 5.67. The molecule has 0 N–H and O–H groups in total. The lowest BCUT2D eigenvalue weighted by Gasteiger charge is -2.14. The van der Waals surface area contributed by atoms with Crippen LogP contribution in [0.3, 0.4) is 0 Å². The van der Waals surface area contributed by atoms with Gasteiger partial charge in [-0.25, -0.2) is 4.39 Å². The number of pyridine rings is 1. The molecule has 0 spiro atoms. The van der Waals surface area contributed by atoms with Crippen LogP contribution in [0.2, 0.25) is 0 Å². The molecule has 78 valence electrons. The topological polar surface area (TPSA) is 34.5 Å². The van der Waals surface area contributed by atoms with Crippen LogP contribution in [0.25, 0.3) is 0 Å². The van der Waals surface area contributed by atoms with Gasteiger partial charge in [0.2, 0.25) is 0 Å². The molecule has 2 heterocycles. The molecule has 0 aromatic carbocycles. The Morgan fingerprint density at radius 2 is 2.40 bits per heavy atom. The monoisotopic (exact) mass is 206 g/mol. The lowest BCUT2D eigenvalue weighted by Crippen LogP contribution is -2.06. The van der Waals surface area contributed by atoms with Gasteiger partial charge in [-0.1, -0.05) is 0 Å². The Morgan fingerprint density at radius 1 is 1.53 bits per heavy atom. The van der Waals surface area contributed by atoms with Gasteiger partial charge in [-0.3, -0.25) is 9.98 Å². The summed E-state index contributed by atoms with van der Waals surface area (Å²) in [6.45, 7) is 0. The summed E-state index contributed by atoms with van der Waals surface area (Å²) >= 11 is 0. The van der Waals surface area contributed by atoms with Gasteiger partial charge in [0.25, 0.3) is 0 Å². The van der Waals surface area contributed by atoms with Crippen LogP contribution in [0.4, 0.5) is 4.39 Å². The maximum Gasteiger partial charge on any atom is 0.146 e. The Kier molecular flexibility index (Phi) is 2.76. The number of aliphatic imine (C=N–C) groups is 1. The van der Waals surface area contributed by atoms with Crippen LogP contribution in [-0.2, 0) is 4.74 Å². The van der Waals surface area contributed by atoms with Gasteiger partial charge in [-0.05, 0) is 24.6 Å². The molecule has 4 heteroatoms. The Labute approximate surface area is 87.3 Å². The lowest BCUT2D eigenvalue weighted by molar-refractivity contribution is 0.312. The van der Waals surface area contributed by atoms with Crippen molar-refractivity contribution in [3.05, 3.63) is 41.7 Å².